The third-order valence-electron chi connectivity index (χ3n) is 3.45. The molecule has 1 N–H and O–H groups in total. The van der Waals surface area contributed by atoms with Gasteiger partial charge in [-0.05, 0) is 26.2 Å². The maximum absolute atomic E-state index is 12.3. The molecule has 1 aromatic heterocycles. The van der Waals surface area contributed by atoms with E-state index in [1.54, 1.807) is 13.8 Å². The Kier molecular flexibility index (Phi) is 4.94. The van der Waals surface area contributed by atoms with Gasteiger partial charge in [-0.15, -0.1) is 0 Å². The molecule has 2 heterocycles. The molecule has 0 aromatic carbocycles. The summed E-state index contributed by atoms with van der Waals surface area (Å²) in [5.41, 5.74) is 0. The molecule has 118 valence electrons. The molecule has 1 fully saturated rings. The highest BCUT2D eigenvalue weighted by molar-refractivity contribution is 7.89. The van der Waals surface area contributed by atoms with Crippen LogP contribution in [-0.4, -0.2) is 47.1 Å². The van der Waals surface area contributed by atoms with Crippen molar-refractivity contribution in [1.82, 2.24) is 19.8 Å². The zero-order valence-corrected chi connectivity index (χ0v) is 13.0. The average molecular weight is 316 g/mol. The lowest BCUT2D eigenvalue weighted by Crippen LogP contribution is -2.47. The summed E-state index contributed by atoms with van der Waals surface area (Å²) >= 11 is 0. The van der Waals surface area contributed by atoms with E-state index in [1.807, 2.05) is 0 Å². The molecule has 0 spiro atoms. The molecule has 0 bridgehead atoms. The third kappa shape index (κ3) is 3.59. The summed E-state index contributed by atoms with van der Waals surface area (Å²) in [6.45, 7) is 3.93. The first kappa shape index (κ1) is 15.9. The minimum absolute atomic E-state index is 0.0666. The number of sulfonamides is 1. The highest BCUT2D eigenvalue weighted by Gasteiger charge is 2.38. The number of nitrogens with one attached hydrogen (secondary N) is 1. The van der Waals surface area contributed by atoms with Crippen LogP contribution in [0.4, 0.5) is 0 Å². The summed E-state index contributed by atoms with van der Waals surface area (Å²) in [7, 11) is -3.37. The van der Waals surface area contributed by atoms with Gasteiger partial charge in [0.1, 0.15) is 6.04 Å². The lowest BCUT2D eigenvalue weighted by atomic mass is 10.2. The van der Waals surface area contributed by atoms with Crippen LogP contribution in [0.1, 0.15) is 45.0 Å². The minimum atomic E-state index is -3.37. The number of nitrogens with zero attached hydrogens (tertiary/aromatic N) is 3. The summed E-state index contributed by atoms with van der Waals surface area (Å²) in [5.74, 6) is 0.116. The van der Waals surface area contributed by atoms with Crippen LogP contribution >= 0.6 is 0 Å². The van der Waals surface area contributed by atoms with Crippen molar-refractivity contribution in [3.63, 3.8) is 0 Å². The predicted molar refractivity (Wildman–Crippen MR) is 74.7 cm³/mol. The third-order valence-corrected chi connectivity index (χ3v) is 5.53. The molecule has 0 saturated carbocycles. The van der Waals surface area contributed by atoms with E-state index in [1.165, 1.54) is 10.7 Å². The van der Waals surface area contributed by atoms with E-state index in [0.29, 0.717) is 31.6 Å². The average Bonchev–Trinajstić information content (AvgIpc) is 3.10. The van der Waals surface area contributed by atoms with Crippen molar-refractivity contribution in [3.8, 4) is 0 Å². The Balaban J connectivity index is 2.04. The van der Waals surface area contributed by atoms with Crippen LogP contribution in [-0.2, 0) is 14.8 Å². The highest BCUT2D eigenvalue weighted by atomic mass is 32.2. The van der Waals surface area contributed by atoms with E-state index in [0.717, 1.165) is 0 Å². The monoisotopic (exact) mass is 316 g/mol. The van der Waals surface area contributed by atoms with Gasteiger partial charge >= 0.3 is 0 Å². The van der Waals surface area contributed by atoms with Crippen molar-refractivity contribution >= 4 is 15.9 Å². The predicted octanol–water partition coefficient (Wildman–Crippen LogP) is 0.451. The largest absolute Gasteiger partial charge is 0.345 e. The molecule has 9 heteroatoms. The van der Waals surface area contributed by atoms with Crippen LogP contribution in [0.2, 0.25) is 0 Å². The highest BCUT2D eigenvalue weighted by Crippen LogP contribution is 2.22. The van der Waals surface area contributed by atoms with E-state index in [-0.39, 0.29) is 11.7 Å². The Morgan fingerprint density at radius 1 is 1.62 bits per heavy atom. The molecular formula is C12H20N4O4S. The second-order valence-corrected chi connectivity index (χ2v) is 7.15. The fourth-order valence-corrected chi connectivity index (χ4v) is 4.20. The van der Waals surface area contributed by atoms with E-state index in [9.17, 15) is 13.2 Å². The summed E-state index contributed by atoms with van der Waals surface area (Å²) in [5, 5.41) is 6.40. The van der Waals surface area contributed by atoms with Crippen molar-refractivity contribution in [2.45, 2.75) is 45.2 Å². The topological polar surface area (TPSA) is 105 Å². The van der Waals surface area contributed by atoms with Gasteiger partial charge in [0.05, 0.1) is 11.8 Å². The van der Waals surface area contributed by atoms with Gasteiger partial charge in [-0.1, -0.05) is 12.1 Å². The molecule has 1 aliphatic heterocycles. The van der Waals surface area contributed by atoms with E-state index >= 15 is 0 Å². The zero-order chi connectivity index (χ0) is 15.5. The summed E-state index contributed by atoms with van der Waals surface area (Å²) in [6, 6.07) is -1.07. The molecule has 8 nitrogen and oxygen atoms in total. The summed E-state index contributed by atoms with van der Waals surface area (Å²) in [6.07, 6.45) is 2.95. The van der Waals surface area contributed by atoms with Gasteiger partial charge in [0.25, 0.3) is 0 Å². The van der Waals surface area contributed by atoms with Crippen LogP contribution in [0.15, 0.2) is 10.9 Å². The van der Waals surface area contributed by atoms with Crippen molar-refractivity contribution in [2.24, 2.45) is 0 Å². The first-order chi connectivity index (χ1) is 9.95. The van der Waals surface area contributed by atoms with Crippen molar-refractivity contribution < 1.29 is 17.7 Å². The van der Waals surface area contributed by atoms with Gasteiger partial charge in [0, 0.05) is 6.54 Å². The van der Waals surface area contributed by atoms with Crippen molar-refractivity contribution in [1.29, 1.82) is 0 Å². The number of rotatable bonds is 6. The molecule has 0 radical (unpaired) electrons. The lowest BCUT2D eigenvalue weighted by molar-refractivity contribution is -0.124. The van der Waals surface area contributed by atoms with Crippen LogP contribution in [0, 0.1) is 0 Å². The van der Waals surface area contributed by atoms with Crippen LogP contribution in [0.25, 0.3) is 0 Å². The smallest absolute Gasteiger partial charge is 0.239 e. The quantitative estimate of drug-likeness (QED) is 0.817. The number of aromatic nitrogens is 2. The maximum Gasteiger partial charge on any atom is 0.239 e. The van der Waals surface area contributed by atoms with Gasteiger partial charge in [-0.2, -0.15) is 9.29 Å². The van der Waals surface area contributed by atoms with Crippen LogP contribution < -0.4 is 5.32 Å². The second kappa shape index (κ2) is 6.52. The number of carbonyl (C=O) groups excluding carboxylic acids is 1. The molecule has 2 unspecified atom stereocenters. The molecule has 2 rings (SSSR count). The molecule has 1 aliphatic rings. The Morgan fingerprint density at radius 2 is 2.38 bits per heavy atom. The molecule has 2 atom stereocenters. The second-order valence-electron chi connectivity index (χ2n) is 5.10. The van der Waals surface area contributed by atoms with Crippen LogP contribution in [0.5, 0.6) is 0 Å². The van der Waals surface area contributed by atoms with Gasteiger partial charge < -0.3 is 9.84 Å². The summed E-state index contributed by atoms with van der Waals surface area (Å²) < 4.78 is 30.3. The number of hydrogen-bond donors (Lipinski definition) is 1. The molecule has 1 aromatic rings. The first-order valence-corrected chi connectivity index (χ1v) is 8.62. The van der Waals surface area contributed by atoms with E-state index in [2.05, 4.69) is 20.0 Å². The lowest BCUT2D eigenvalue weighted by Gasteiger charge is -2.24. The standard InChI is InChI=1S/C12H20N4O4S/c1-3-7-21(18,19)16-6-4-5-10(16)12(17)14-9(2)11-13-8-20-15-11/h8-10H,3-7H2,1-2H3,(H,14,17). The number of carbonyl (C=O) groups is 1. The Morgan fingerprint density at radius 3 is 3.00 bits per heavy atom. The molecule has 1 amide bonds. The molecule has 0 aliphatic carbocycles. The van der Waals surface area contributed by atoms with Crippen molar-refractivity contribution in [3.05, 3.63) is 12.2 Å². The fourth-order valence-electron chi connectivity index (χ4n) is 2.45. The fraction of sp³-hybridized carbons (Fsp3) is 0.750. The molecule has 21 heavy (non-hydrogen) atoms. The van der Waals surface area contributed by atoms with Gasteiger partial charge in [0.15, 0.2) is 5.82 Å². The van der Waals surface area contributed by atoms with E-state index in [4.69, 9.17) is 0 Å². The Labute approximate surface area is 123 Å². The van der Waals surface area contributed by atoms with Gasteiger partial charge in [-0.3, -0.25) is 4.79 Å². The molecule has 1 saturated heterocycles. The normalized spacial score (nSPS) is 21.3. The Hall–Kier alpha value is -1.48. The minimum Gasteiger partial charge on any atom is -0.345 e. The number of amides is 1. The van der Waals surface area contributed by atoms with Crippen LogP contribution in [0.3, 0.4) is 0 Å². The van der Waals surface area contributed by atoms with E-state index < -0.39 is 22.1 Å². The van der Waals surface area contributed by atoms with Crippen molar-refractivity contribution in [2.75, 3.05) is 12.3 Å². The number of hydrogen-bond acceptors (Lipinski definition) is 6. The summed E-state index contributed by atoms with van der Waals surface area (Å²) in [4.78, 5) is 16.2. The SMILES string of the molecule is CCCS(=O)(=O)N1CCCC1C(=O)NC(C)c1ncon1. The maximum atomic E-state index is 12.3. The first-order valence-electron chi connectivity index (χ1n) is 7.02. The van der Waals surface area contributed by atoms with Gasteiger partial charge in [-0.25, -0.2) is 8.42 Å². The zero-order valence-electron chi connectivity index (χ0n) is 12.2. The molecular weight excluding hydrogens is 296 g/mol. The van der Waals surface area contributed by atoms with Gasteiger partial charge in [0.2, 0.25) is 22.3 Å². The Bertz CT molecular complexity index is 572.